The summed E-state index contributed by atoms with van der Waals surface area (Å²) in [4.78, 5) is 43.3. The van der Waals surface area contributed by atoms with Crippen molar-refractivity contribution in [1.82, 2.24) is 9.88 Å². The molecule has 3 heterocycles. The monoisotopic (exact) mass is 414 g/mol. The van der Waals surface area contributed by atoms with Crippen LogP contribution in [0.1, 0.15) is 41.4 Å². The Morgan fingerprint density at radius 2 is 2.10 bits per heavy atom. The van der Waals surface area contributed by atoms with Crippen LogP contribution >= 0.6 is 11.8 Å². The normalized spacial score (nSPS) is 23.3. The van der Waals surface area contributed by atoms with E-state index in [1.165, 1.54) is 7.11 Å². The maximum absolute atomic E-state index is 12.8. The third-order valence-corrected chi connectivity index (χ3v) is 7.19. The molecule has 0 radical (unpaired) electrons. The summed E-state index contributed by atoms with van der Waals surface area (Å²) in [6.45, 7) is 3.65. The lowest BCUT2D eigenvalue weighted by Gasteiger charge is -2.29. The Labute approximate surface area is 172 Å². The quantitative estimate of drug-likeness (QED) is 0.711. The van der Waals surface area contributed by atoms with Crippen molar-refractivity contribution in [3.8, 4) is 0 Å². The number of thioether (sulfide) groups is 1. The number of amides is 1. The van der Waals surface area contributed by atoms with Gasteiger partial charge in [-0.15, -0.1) is 11.8 Å². The van der Waals surface area contributed by atoms with Gasteiger partial charge in [0.1, 0.15) is 12.6 Å². The molecule has 0 saturated carbocycles. The van der Waals surface area contributed by atoms with Gasteiger partial charge >= 0.3 is 11.9 Å². The highest BCUT2D eigenvalue weighted by atomic mass is 32.2. The van der Waals surface area contributed by atoms with Crippen LogP contribution in [-0.4, -0.2) is 51.5 Å². The van der Waals surface area contributed by atoms with Crippen LogP contribution in [-0.2, 0) is 25.7 Å². The van der Waals surface area contributed by atoms with E-state index in [9.17, 15) is 14.4 Å². The zero-order valence-electron chi connectivity index (χ0n) is 16.6. The molecule has 0 aliphatic carbocycles. The minimum absolute atomic E-state index is 0.0191. The van der Waals surface area contributed by atoms with Gasteiger partial charge in [-0.2, -0.15) is 0 Å². The number of ether oxygens (including phenoxy) is 2. The number of fused-ring (bicyclic) bond motifs is 2. The van der Waals surface area contributed by atoms with E-state index in [0.29, 0.717) is 28.9 Å². The van der Waals surface area contributed by atoms with Gasteiger partial charge in [0.05, 0.1) is 28.8 Å². The summed E-state index contributed by atoms with van der Waals surface area (Å²) >= 11 is 1.61. The van der Waals surface area contributed by atoms with Crippen molar-refractivity contribution >= 4 is 40.5 Å². The third kappa shape index (κ3) is 3.25. The number of carbonyl (C=O) groups is 3. The zero-order valence-corrected chi connectivity index (χ0v) is 17.4. The first-order valence-corrected chi connectivity index (χ1v) is 10.4. The van der Waals surface area contributed by atoms with Gasteiger partial charge in [0, 0.05) is 17.6 Å². The number of hydrogen-bond acceptors (Lipinski definition) is 7. The van der Waals surface area contributed by atoms with Crippen LogP contribution in [0.5, 0.6) is 0 Å². The van der Waals surface area contributed by atoms with Crippen LogP contribution in [0.2, 0.25) is 0 Å². The number of nitrogens with zero attached hydrogens (tertiary/aromatic N) is 2. The number of methoxy groups -OCH3 is 1. The molecule has 0 bridgehead atoms. The molecule has 152 valence electrons. The van der Waals surface area contributed by atoms with Crippen molar-refractivity contribution in [2.24, 2.45) is 0 Å². The molecule has 0 unspecified atom stereocenters. The molecule has 0 spiro atoms. The largest absolute Gasteiger partial charge is 0.465 e. The number of carbonyl (C=O) groups excluding carboxylic acids is 3. The van der Waals surface area contributed by atoms with Crippen molar-refractivity contribution in [3.05, 3.63) is 41.1 Å². The van der Waals surface area contributed by atoms with Crippen molar-refractivity contribution in [2.45, 2.75) is 44.2 Å². The second-order valence-corrected chi connectivity index (χ2v) is 8.94. The SMILES string of the molecule is COC(=O)c1c(COC(=O)[C@@H]2CS[C@]3(C)CCC(=O)N23)nc2ccccc2c1C. The Morgan fingerprint density at radius 3 is 2.86 bits per heavy atom. The molecule has 0 N–H and O–H groups in total. The van der Waals surface area contributed by atoms with E-state index in [-0.39, 0.29) is 17.4 Å². The topological polar surface area (TPSA) is 85.8 Å². The van der Waals surface area contributed by atoms with Gasteiger partial charge in [0.15, 0.2) is 0 Å². The molecule has 2 saturated heterocycles. The van der Waals surface area contributed by atoms with E-state index in [1.54, 1.807) is 16.7 Å². The van der Waals surface area contributed by atoms with Gasteiger partial charge in [0.2, 0.25) is 5.91 Å². The second-order valence-electron chi connectivity index (χ2n) is 7.44. The maximum Gasteiger partial charge on any atom is 0.340 e. The summed E-state index contributed by atoms with van der Waals surface area (Å²) in [5, 5.41) is 0.841. The summed E-state index contributed by atoms with van der Waals surface area (Å²) in [6, 6.07) is 6.85. The number of pyridine rings is 1. The molecule has 2 aromatic rings. The van der Waals surface area contributed by atoms with Gasteiger partial charge in [0.25, 0.3) is 0 Å². The van der Waals surface area contributed by atoms with Gasteiger partial charge < -0.3 is 14.4 Å². The molecule has 2 aliphatic heterocycles. The van der Waals surface area contributed by atoms with Gasteiger partial charge in [-0.25, -0.2) is 14.6 Å². The first-order valence-electron chi connectivity index (χ1n) is 9.45. The Balaban J connectivity index is 1.60. The number of rotatable bonds is 4. The smallest absolute Gasteiger partial charge is 0.340 e. The Kier molecular flexibility index (Phi) is 4.98. The van der Waals surface area contributed by atoms with Crippen LogP contribution < -0.4 is 0 Å². The summed E-state index contributed by atoms with van der Waals surface area (Å²) in [7, 11) is 1.31. The standard InChI is InChI=1S/C21H22N2O5S/c1-12-13-6-4-5-7-14(13)22-15(18(12)20(26)27-3)10-28-19(25)16-11-29-21(2)9-8-17(24)23(16)21/h4-7,16H,8-11H2,1-3H3/t16-,21+/m0/s1. The van der Waals surface area contributed by atoms with Crippen molar-refractivity contribution < 1.29 is 23.9 Å². The van der Waals surface area contributed by atoms with Crippen LogP contribution in [0.3, 0.4) is 0 Å². The Bertz CT molecular complexity index is 1020. The molecule has 4 rings (SSSR count). The average Bonchev–Trinajstić information content (AvgIpc) is 3.21. The average molecular weight is 414 g/mol. The molecule has 1 aromatic heterocycles. The molecule has 2 atom stereocenters. The van der Waals surface area contributed by atoms with E-state index < -0.39 is 18.0 Å². The van der Waals surface area contributed by atoms with Crippen LogP contribution in [0.15, 0.2) is 24.3 Å². The van der Waals surface area contributed by atoms with Gasteiger partial charge in [-0.05, 0) is 31.9 Å². The summed E-state index contributed by atoms with van der Waals surface area (Å²) in [5.41, 5.74) is 2.10. The lowest BCUT2D eigenvalue weighted by Crippen LogP contribution is -2.46. The molecule has 2 fully saturated rings. The van der Waals surface area contributed by atoms with Crippen molar-refractivity contribution in [3.63, 3.8) is 0 Å². The maximum atomic E-state index is 12.8. The number of aryl methyl sites for hydroxylation is 1. The minimum atomic E-state index is -0.608. The lowest BCUT2D eigenvalue weighted by atomic mass is 10.0. The number of esters is 2. The Morgan fingerprint density at radius 1 is 1.34 bits per heavy atom. The lowest BCUT2D eigenvalue weighted by molar-refractivity contribution is -0.154. The number of para-hydroxylation sites is 1. The fraction of sp³-hybridized carbons (Fsp3) is 0.429. The molecule has 7 nitrogen and oxygen atoms in total. The van der Waals surface area contributed by atoms with E-state index in [4.69, 9.17) is 9.47 Å². The first kappa shape index (κ1) is 19.7. The molecule has 2 aliphatic rings. The summed E-state index contributed by atoms with van der Waals surface area (Å²) in [5.74, 6) is -0.505. The van der Waals surface area contributed by atoms with E-state index in [1.807, 2.05) is 38.1 Å². The zero-order chi connectivity index (χ0) is 20.8. The fourth-order valence-electron chi connectivity index (χ4n) is 4.15. The van der Waals surface area contributed by atoms with Crippen LogP contribution in [0, 0.1) is 6.92 Å². The summed E-state index contributed by atoms with van der Waals surface area (Å²) in [6.07, 6.45) is 1.18. The number of benzene rings is 1. The Hall–Kier alpha value is -2.61. The summed E-state index contributed by atoms with van der Waals surface area (Å²) < 4.78 is 10.5. The predicted octanol–water partition coefficient (Wildman–Crippen LogP) is 2.83. The first-order chi connectivity index (χ1) is 13.9. The number of aromatic nitrogens is 1. The molecule has 1 aromatic carbocycles. The number of hydrogen-bond donors (Lipinski definition) is 0. The molecular formula is C21H22N2O5S. The third-order valence-electron chi connectivity index (χ3n) is 5.68. The van der Waals surface area contributed by atoms with Crippen LogP contribution in [0.4, 0.5) is 0 Å². The van der Waals surface area contributed by atoms with Crippen molar-refractivity contribution in [2.75, 3.05) is 12.9 Å². The molecule has 8 heteroatoms. The fourth-order valence-corrected chi connectivity index (χ4v) is 5.57. The van der Waals surface area contributed by atoms with Crippen LogP contribution in [0.25, 0.3) is 10.9 Å². The van der Waals surface area contributed by atoms with E-state index >= 15 is 0 Å². The highest BCUT2D eigenvalue weighted by Gasteiger charge is 2.53. The van der Waals surface area contributed by atoms with Gasteiger partial charge in [-0.3, -0.25) is 4.79 Å². The highest BCUT2D eigenvalue weighted by molar-refractivity contribution is 8.01. The van der Waals surface area contributed by atoms with E-state index in [2.05, 4.69) is 4.98 Å². The van der Waals surface area contributed by atoms with E-state index in [0.717, 1.165) is 17.4 Å². The minimum Gasteiger partial charge on any atom is -0.465 e. The van der Waals surface area contributed by atoms with Crippen molar-refractivity contribution in [1.29, 1.82) is 0 Å². The predicted molar refractivity (Wildman–Crippen MR) is 108 cm³/mol. The molecule has 1 amide bonds. The highest BCUT2D eigenvalue weighted by Crippen LogP contribution is 2.47. The second kappa shape index (κ2) is 7.33. The van der Waals surface area contributed by atoms with Gasteiger partial charge in [-0.1, -0.05) is 18.2 Å². The molecule has 29 heavy (non-hydrogen) atoms. The molecular weight excluding hydrogens is 392 g/mol.